The summed E-state index contributed by atoms with van der Waals surface area (Å²) in [5.74, 6) is 0.663. The van der Waals surface area contributed by atoms with Crippen molar-refractivity contribution in [2.45, 2.75) is 46.6 Å². The molecule has 0 bridgehead atoms. The van der Waals surface area contributed by atoms with E-state index in [1.54, 1.807) is 0 Å². The van der Waals surface area contributed by atoms with Gasteiger partial charge in [-0.2, -0.15) is 0 Å². The predicted molar refractivity (Wildman–Crippen MR) is 69.6 cm³/mol. The minimum absolute atomic E-state index is 0.445. The maximum absolute atomic E-state index is 4.43. The van der Waals surface area contributed by atoms with Crippen LogP contribution in [0.3, 0.4) is 0 Å². The lowest BCUT2D eigenvalue weighted by molar-refractivity contribution is 0.383. The van der Waals surface area contributed by atoms with Crippen LogP contribution in [0.5, 0.6) is 0 Å². The van der Waals surface area contributed by atoms with Crippen molar-refractivity contribution in [1.29, 1.82) is 0 Å². The molecule has 1 aromatic rings. The highest BCUT2D eigenvalue weighted by Crippen LogP contribution is 2.25. The van der Waals surface area contributed by atoms with Gasteiger partial charge in [0.2, 0.25) is 0 Å². The molecule has 1 rings (SSSR count). The molecule has 90 valence electrons. The maximum Gasteiger partial charge on any atom is 0.0379 e. The number of hydrogen-bond acceptors (Lipinski definition) is 2. The van der Waals surface area contributed by atoms with Gasteiger partial charge in [-0.25, -0.2) is 0 Å². The first-order valence-corrected chi connectivity index (χ1v) is 6.21. The Morgan fingerprint density at radius 2 is 1.81 bits per heavy atom. The Morgan fingerprint density at radius 3 is 2.25 bits per heavy atom. The number of pyridine rings is 1. The molecular formula is C14H24N2. The van der Waals surface area contributed by atoms with Crippen molar-refractivity contribution >= 4 is 0 Å². The van der Waals surface area contributed by atoms with Gasteiger partial charge in [-0.1, -0.05) is 20.3 Å². The summed E-state index contributed by atoms with van der Waals surface area (Å²) in [4.78, 5) is 4.43. The van der Waals surface area contributed by atoms with Gasteiger partial charge in [-0.15, -0.1) is 0 Å². The van der Waals surface area contributed by atoms with Gasteiger partial charge in [-0.05, 0) is 50.9 Å². The molecule has 0 aliphatic heterocycles. The maximum atomic E-state index is 4.43. The zero-order chi connectivity index (χ0) is 12.1. The van der Waals surface area contributed by atoms with Crippen LogP contribution in [0.15, 0.2) is 12.1 Å². The summed E-state index contributed by atoms with van der Waals surface area (Å²) in [6, 6.07) is 4.83. The van der Waals surface area contributed by atoms with Crippen LogP contribution in [0.25, 0.3) is 0 Å². The van der Waals surface area contributed by atoms with E-state index in [1.165, 1.54) is 18.4 Å². The van der Waals surface area contributed by atoms with Crippen LogP contribution < -0.4 is 5.32 Å². The van der Waals surface area contributed by atoms with Gasteiger partial charge in [0.15, 0.2) is 0 Å². The first kappa shape index (κ1) is 13.2. The van der Waals surface area contributed by atoms with Gasteiger partial charge in [0.1, 0.15) is 0 Å². The summed E-state index contributed by atoms with van der Waals surface area (Å²) < 4.78 is 0. The van der Waals surface area contributed by atoms with Gasteiger partial charge in [0, 0.05) is 17.4 Å². The second kappa shape index (κ2) is 6.00. The molecule has 2 atom stereocenters. The molecular weight excluding hydrogens is 196 g/mol. The van der Waals surface area contributed by atoms with Gasteiger partial charge < -0.3 is 5.32 Å². The van der Waals surface area contributed by atoms with E-state index < -0.39 is 0 Å². The predicted octanol–water partition coefficient (Wildman–Crippen LogP) is 3.40. The van der Waals surface area contributed by atoms with Crippen molar-refractivity contribution in [2.24, 2.45) is 5.92 Å². The van der Waals surface area contributed by atoms with Crippen LogP contribution in [0, 0.1) is 19.8 Å². The van der Waals surface area contributed by atoms with E-state index >= 15 is 0 Å². The van der Waals surface area contributed by atoms with Crippen molar-refractivity contribution in [3.63, 3.8) is 0 Å². The number of hydrogen-bond donors (Lipinski definition) is 1. The third-order valence-corrected chi connectivity index (χ3v) is 3.09. The molecule has 0 amide bonds. The summed E-state index contributed by atoms with van der Waals surface area (Å²) >= 11 is 0. The van der Waals surface area contributed by atoms with E-state index in [4.69, 9.17) is 0 Å². The zero-order valence-corrected chi connectivity index (χ0v) is 11.2. The summed E-state index contributed by atoms with van der Waals surface area (Å²) in [5.41, 5.74) is 3.59. The summed E-state index contributed by atoms with van der Waals surface area (Å²) in [6.07, 6.45) is 2.49. The molecule has 2 nitrogen and oxygen atoms in total. The lowest BCUT2D eigenvalue weighted by atomic mass is 9.91. The fourth-order valence-electron chi connectivity index (χ4n) is 2.45. The average Bonchev–Trinajstić information content (AvgIpc) is 2.17. The Kier molecular flexibility index (Phi) is 4.94. The number of rotatable bonds is 5. The summed E-state index contributed by atoms with van der Waals surface area (Å²) in [6.45, 7) is 8.68. The number of nitrogens with zero attached hydrogens (tertiary/aromatic N) is 1. The molecule has 0 aliphatic rings. The molecule has 0 saturated carbocycles. The molecule has 1 aromatic heterocycles. The topological polar surface area (TPSA) is 24.9 Å². The SMILES string of the molecule is CCCC(C)C(NC)c1cc(C)nc(C)c1. The van der Waals surface area contributed by atoms with E-state index in [-0.39, 0.29) is 0 Å². The third-order valence-electron chi connectivity index (χ3n) is 3.09. The molecule has 0 aromatic carbocycles. The molecule has 16 heavy (non-hydrogen) atoms. The smallest absolute Gasteiger partial charge is 0.0379 e. The average molecular weight is 220 g/mol. The lowest BCUT2D eigenvalue weighted by Crippen LogP contribution is -2.23. The standard InChI is InChI=1S/C14H24N2/c1-6-7-10(2)14(15-5)13-8-11(3)16-12(4)9-13/h8-10,14-15H,6-7H2,1-5H3. The number of aryl methyl sites for hydroxylation is 2. The van der Waals surface area contributed by atoms with Crippen LogP contribution in [0.1, 0.15) is 49.7 Å². The zero-order valence-electron chi connectivity index (χ0n) is 11.2. The van der Waals surface area contributed by atoms with E-state index in [1.807, 2.05) is 7.05 Å². The highest BCUT2D eigenvalue weighted by Gasteiger charge is 2.17. The first-order chi connectivity index (χ1) is 7.58. The molecule has 0 saturated heterocycles. The molecule has 1 heterocycles. The van der Waals surface area contributed by atoms with Gasteiger partial charge in [0.05, 0.1) is 0 Å². The fraction of sp³-hybridized carbons (Fsp3) is 0.643. The summed E-state index contributed by atoms with van der Waals surface area (Å²) in [5, 5.41) is 3.43. The van der Waals surface area contributed by atoms with Crippen molar-refractivity contribution in [2.75, 3.05) is 7.05 Å². The van der Waals surface area contributed by atoms with Crippen molar-refractivity contribution in [3.05, 3.63) is 29.1 Å². The summed E-state index contributed by atoms with van der Waals surface area (Å²) in [7, 11) is 2.04. The minimum Gasteiger partial charge on any atom is -0.313 e. The second-order valence-corrected chi connectivity index (χ2v) is 4.72. The van der Waals surface area contributed by atoms with Gasteiger partial charge >= 0.3 is 0 Å². The quantitative estimate of drug-likeness (QED) is 0.822. The normalized spacial score (nSPS) is 14.8. The van der Waals surface area contributed by atoms with Crippen molar-refractivity contribution in [3.8, 4) is 0 Å². The van der Waals surface area contributed by atoms with E-state index in [9.17, 15) is 0 Å². The van der Waals surface area contributed by atoms with Crippen LogP contribution in [0.4, 0.5) is 0 Å². The Balaban J connectivity index is 2.94. The Labute approximate surface area is 99.5 Å². The molecule has 0 radical (unpaired) electrons. The van der Waals surface area contributed by atoms with Gasteiger partial charge in [0.25, 0.3) is 0 Å². The Bertz CT molecular complexity index is 313. The number of aromatic nitrogens is 1. The van der Waals surface area contributed by atoms with Gasteiger partial charge in [-0.3, -0.25) is 4.98 Å². The highest BCUT2D eigenvalue weighted by molar-refractivity contribution is 5.24. The Morgan fingerprint density at radius 1 is 1.25 bits per heavy atom. The van der Waals surface area contributed by atoms with Crippen LogP contribution >= 0.6 is 0 Å². The van der Waals surface area contributed by atoms with E-state index in [2.05, 4.69) is 50.1 Å². The van der Waals surface area contributed by atoms with Crippen molar-refractivity contribution in [1.82, 2.24) is 10.3 Å². The number of nitrogens with one attached hydrogen (secondary N) is 1. The molecule has 2 unspecified atom stereocenters. The molecule has 0 spiro atoms. The molecule has 0 aliphatic carbocycles. The largest absolute Gasteiger partial charge is 0.313 e. The molecule has 2 heteroatoms. The fourth-order valence-corrected chi connectivity index (χ4v) is 2.45. The van der Waals surface area contributed by atoms with E-state index in [0.29, 0.717) is 12.0 Å². The van der Waals surface area contributed by atoms with Crippen molar-refractivity contribution < 1.29 is 0 Å². The lowest BCUT2D eigenvalue weighted by Gasteiger charge is -2.24. The highest BCUT2D eigenvalue weighted by atomic mass is 14.9. The third kappa shape index (κ3) is 3.31. The second-order valence-electron chi connectivity index (χ2n) is 4.72. The molecule has 0 fully saturated rings. The van der Waals surface area contributed by atoms with E-state index in [0.717, 1.165) is 11.4 Å². The monoisotopic (exact) mass is 220 g/mol. The minimum atomic E-state index is 0.445. The van der Waals surface area contributed by atoms with Crippen LogP contribution in [-0.4, -0.2) is 12.0 Å². The van der Waals surface area contributed by atoms with Crippen LogP contribution in [-0.2, 0) is 0 Å². The van der Waals surface area contributed by atoms with Crippen LogP contribution in [0.2, 0.25) is 0 Å². The Hall–Kier alpha value is -0.890. The first-order valence-electron chi connectivity index (χ1n) is 6.21. The molecule has 1 N–H and O–H groups in total.